The highest BCUT2D eigenvalue weighted by Crippen LogP contribution is 2.24. The molecule has 1 amide bonds. The number of likely N-dealkylation sites (tertiary alicyclic amines) is 1. The summed E-state index contributed by atoms with van der Waals surface area (Å²) in [5.41, 5.74) is 0.830. The van der Waals surface area contributed by atoms with Gasteiger partial charge < -0.3 is 18.9 Å². The minimum atomic E-state index is -4.77. The standard InChI is InChI=1S/C18H17F3N2O4/c1-11-7-14(8-16(24)22(11)2)26-15-9-23(10-15)17(25)12-3-5-13(6-4-12)27-18(19,20)21/h3-8,15H,9-10H2,1-2H3. The van der Waals surface area contributed by atoms with Crippen LogP contribution in [-0.2, 0) is 7.05 Å². The van der Waals surface area contributed by atoms with E-state index in [2.05, 4.69) is 4.74 Å². The summed E-state index contributed by atoms with van der Waals surface area (Å²) < 4.78 is 47.4. The zero-order valence-electron chi connectivity index (χ0n) is 14.6. The lowest BCUT2D eigenvalue weighted by atomic mass is 10.1. The average Bonchev–Trinajstić information content (AvgIpc) is 2.54. The van der Waals surface area contributed by atoms with Crippen molar-refractivity contribution in [1.82, 2.24) is 9.47 Å². The van der Waals surface area contributed by atoms with Crippen molar-refractivity contribution >= 4 is 5.91 Å². The van der Waals surface area contributed by atoms with Crippen LogP contribution in [0.5, 0.6) is 11.5 Å². The molecule has 1 aromatic carbocycles. The Morgan fingerprint density at radius 2 is 1.74 bits per heavy atom. The predicted octanol–water partition coefficient (Wildman–Crippen LogP) is 2.50. The maximum Gasteiger partial charge on any atom is 0.573 e. The van der Waals surface area contributed by atoms with Gasteiger partial charge >= 0.3 is 6.36 Å². The number of carbonyl (C=O) groups excluding carboxylic acids is 1. The van der Waals surface area contributed by atoms with Gasteiger partial charge in [0.25, 0.3) is 11.5 Å². The van der Waals surface area contributed by atoms with Crippen LogP contribution in [0.4, 0.5) is 13.2 Å². The summed E-state index contributed by atoms with van der Waals surface area (Å²) in [5, 5.41) is 0. The van der Waals surface area contributed by atoms with Crippen molar-refractivity contribution in [2.24, 2.45) is 7.05 Å². The molecule has 9 heteroatoms. The van der Waals surface area contributed by atoms with Crippen molar-refractivity contribution in [3.05, 3.63) is 58.0 Å². The zero-order chi connectivity index (χ0) is 19.8. The van der Waals surface area contributed by atoms with Crippen molar-refractivity contribution in [1.29, 1.82) is 0 Å². The summed E-state index contributed by atoms with van der Waals surface area (Å²) in [7, 11) is 1.66. The third-order valence-corrected chi connectivity index (χ3v) is 4.25. The van der Waals surface area contributed by atoms with E-state index in [0.29, 0.717) is 18.8 Å². The third kappa shape index (κ3) is 4.42. The predicted molar refractivity (Wildman–Crippen MR) is 89.9 cm³/mol. The largest absolute Gasteiger partial charge is 0.573 e. The molecular formula is C18H17F3N2O4. The Bertz CT molecular complexity index is 900. The second-order valence-electron chi connectivity index (χ2n) is 6.25. The van der Waals surface area contributed by atoms with E-state index in [0.717, 1.165) is 17.8 Å². The van der Waals surface area contributed by atoms with Crippen LogP contribution in [0, 0.1) is 6.92 Å². The molecule has 1 aliphatic heterocycles. The first kappa shape index (κ1) is 18.8. The highest BCUT2D eigenvalue weighted by Gasteiger charge is 2.34. The topological polar surface area (TPSA) is 60.8 Å². The Labute approximate surface area is 152 Å². The van der Waals surface area contributed by atoms with Crippen LogP contribution in [0.2, 0.25) is 0 Å². The summed E-state index contributed by atoms with van der Waals surface area (Å²) in [6, 6.07) is 7.87. The van der Waals surface area contributed by atoms with Gasteiger partial charge in [0.1, 0.15) is 17.6 Å². The number of rotatable bonds is 4. The molecule has 2 heterocycles. The maximum absolute atomic E-state index is 12.3. The Balaban J connectivity index is 1.56. The van der Waals surface area contributed by atoms with Gasteiger partial charge in [0.2, 0.25) is 0 Å². The summed E-state index contributed by atoms with van der Waals surface area (Å²) in [6.07, 6.45) is -5.02. The maximum atomic E-state index is 12.3. The Kier molecular flexibility index (Phi) is 4.86. The van der Waals surface area contributed by atoms with E-state index in [1.54, 1.807) is 20.0 Å². The molecule has 27 heavy (non-hydrogen) atoms. The van der Waals surface area contributed by atoms with Gasteiger partial charge in [-0.25, -0.2) is 0 Å². The van der Waals surface area contributed by atoms with E-state index in [9.17, 15) is 22.8 Å². The summed E-state index contributed by atoms with van der Waals surface area (Å²) in [4.78, 5) is 25.6. The number of benzene rings is 1. The van der Waals surface area contributed by atoms with Crippen LogP contribution in [0.1, 0.15) is 16.1 Å². The first-order valence-electron chi connectivity index (χ1n) is 8.12. The van der Waals surface area contributed by atoms with Gasteiger partial charge in [0, 0.05) is 24.4 Å². The lowest BCUT2D eigenvalue weighted by Crippen LogP contribution is -2.56. The van der Waals surface area contributed by atoms with Gasteiger partial charge in [-0.2, -0.15) is 0 Å². The molecule has 0 saturated carbocycles. The van der Waals surface area contributed by atoms with Crippen molar-refractivity contribution in [2.75, 3.05) is 13.1 Å². The van der Waals surface area contributed by atoms with E-state index in [1.165, 1.54) is 27.7 Å². The molecule has 1 aromatic heterocycles. The number of amides is 1. The molecule has 2 aromatic rings. The fourth-order valence-electron chi connectivity index (χ4n) is 2.66. The number of aryl methyl sites for hydroxylation is 1. The van der Waals surface area contributed by atoms with Gasteiger partial charge in [-0.05, 0) is 37.3 Å². The van der Waals surface area contributed by atoms with Crippen molar-refractivity contribution in [2.45, 2.75) is 19.4 Å². The lowest BCUT2D eigenvalue weighted by Gasteiger charge is -2.39. The molecule has 3 rings (SSSR count). The smallest absolute Gasteiger partial charge is 0.486 e. The number of nitrogens with zero attached hydrogens (tertiary/aromatic N) is 2. The second kappa shape index (κ2) is 6.98. The summed E-state index contributed by atoms with van der Waals surface area (Å²) in [5.74, 6) is -0.250. The van der Waals surface area contributed by atoms with Gasteiger partial charge in [-0.1, -0.05) is 0 Å². The van der Waals surface area contributed by atoms with E-state index in [1.807, 2.05) is 0 Å². The molecule has 0 bridgehead atoms. The van der Waals surface area contributed by atoms with Crippen LogP contribution in [0.25, 0.3) is 0 Å². The first-order chi connectivity index (χ1) is 12.6. The summed E-state index contributed by atoms with van der Waals surface area (Å²) in [6.45, 7) is 2.44. The fraction of sp³-hybridized carbons (Fsp3) is 0.333. The first-order valence-corrected chi connectivity index (χ1v) is 8.12. The van der Waals surface area contributed by atoms with E-state index in [-0.39, 0.29) is 28.9 Å². The molecule has 0 spiro atoms. The molecule has 1 aliphatic rings. The molecule has 6 nitrogen and oxygen atoms in total. The van der Waals surface area contributed by atoms with Gasteiger partial charge in [0.15, 0.2) is 0 Å². The van der Waals surface area contributed by atoms with Crippen LogP contribution >= 0.6 is 0 Å². The number of hydrogen-bond donors (Lipinski definition) is 0. The van der Waals surface area contributed by atoms with Crippen LogP contribution in [0.3, 0.4) is 0 Å². The number of alkyl halides is 3. The number of pyridine rings is 1. The summed E-state index contributed by atoms with van der Waals surface area (Å²) >= 11 is 0. The van der Waals surface area contributed by atoms with Crippen LogP contribution in [-0.4, -0.2) is 40.9 Å². The fourth-order valence-corrected chi connectivity index (χ4v) is 2.66. The van der Waals surface area contributed by atoms with E-state index >= 15 is 0 Å². The zero-order valence-corrected chi connectivity index (χ0v) is 14.6. The number of ether oxygens (including phenoxy) is 2. The highest BCUT2D eigenvalue weighted by molar-refractivity contribution is 5.94. The molecule has 1 fully saturated rings. The molecule has 0 unspecified atom stereocenters. The van der Waals surface area contributed by atoms with E-state index < -0.39 is 6.36 Å². The second-order valence-corrected chi connectivity index (χ2v) is 6.25. The molecule has 144 valence electrons. The van der Waals surface area contributed by atoms with Crippen LogP contribution < -0.4 is 15.0 Å². The molecular weight excluding hydrogens is 365 g/mol. The van der Waals surface area contributed by atoms with Crippen molar-refractivity contribution < 1.29 is 27.4 Å². The van der Waals surface area contributed by atoms with Gasteiger partial charge in [0.05, 0.1) is 13.1 Å². The monoisotopic (exact) mass is 382 g/mol. The van der Waals surface area contributed by atoms with Crippen molar-refractivity contribution in [3.63, 3.8) is 0 Å². The number of carbonyl (C=O) groups is 1. The van der Waals surface area contributed by atoms with Gasteiger partial charge in [-0.3, -0.25) is 9.59 Å². The number of hydrogen-bond acceptors (Lipinski definition) is 4. The lowest BCUT2D eigenvalue weighted by molar-refractivity contribution is -0.274. The molecule has 0 atom stereocenters. The molecule has 0 N–H and O–H groups in total. The molecule has 0 radical (unpaired) electrons. The number of halogens is 3. The van der Waals surface area contributed by atoms with Crippen molar-refractivity contribution in [3.8, 4) is 11.5 Å². The highest BCUT2D eigenvalue weighted by atomic mass is 19.4. The molecule has 1 saturated heterocycles. The Morgan fingerprint density at radius 1 is 1.11 bits per heavy atom. The number of aromatic nitrogens is 1. The van der Waals surface area contributed by atoms with Crippen LogP contribution in [0.15, 0.2) is 41.2 Å². The third-order valence-electron chi connectivity index (χ3n) is 4.25. The SMILES string of the molecule is Cc1cc(OC2CN(C(=O)c3ccc(OC(F)(F)F)cc3)C2)cc(=O)n1C. The van der Waals surface area contributed by atoms with Gasteiger partial charge in [-0.15, -0.1) is 13.2 Å². The van der Waals surface area contributed by atoms with E-state index in [4.69, 9.17) is 4.74 Å². The Morgan fingerprint density at radius 3 is 2.30 bits per heavy atom. The Hall–Kier alpha value is -2.97. The minimum absolute atomic E-state index is 0.182. The minimum Gasteiger partial charge on any atom is -0.486 e. The quantitative estimate of drug-likeness (QED) is 0.815. The average molecular weight is 382 g/mol. The normalized spacial score (nSPS) is 14.6. The molecule has 0 aliphatic carbocycles.